The van der Waals surface area contributed by atoms with Crippen LogP contribution < -0.4 is 22.1 Å². The summed E-state index contributed by atoms with van der Waals surface area (Å²) in [5.74, 6) is -1.02. The van der Waals surface area contributed by atoms with Gasteiger partial charge in [0.25, 0.3) is 0 Å². The van der Waals surface area contributed by atoms with Gasteiger partial charge in [0, 0.05) is 23.8 Å². The number of hydrogen-bond acceptors (Lipinski definition) is 12. The normalized spacial score (nSPS) is 45.7. The number of piperidine rings is 2. The first-order chi connectivity index (χ1) is 24.4. The van der Waals surface area contributed by atoms with E-state index in [0.29, 0.717) is 30.3 Å². The van der Waals surface area contributed by atoms with Crippen molar-refractivity contribution in [2.75, 3.05) is 19.7 Å². The van der Waals surface area contributed by atoms with Crippen molar-refractivity contribution in [3.63, 3.8) is 0 Å². The van der Waals surface area contributed by atoms with Gasteiger partial charge in [-0.15, -0.1) is 0 Å². The lowest BCUT2D eigenvalue weighted by molar-refractivity contribution is -0.293. The third-order valence-electron chi connectivity index (χ3n) is 13.8. The summed E-state index contributed by atoms with van der Waals surface area (Å²) in [6.07, 6.45) is 7.75. The Kier molecular flexibility index (Phi) is 13.0. The number of aliphatic hydroxyl groups excluding tert-OH is 3. The molecule has 12 nitrogen and oxygen atoms in total. The molecular formula is C39H66N4O8. The third kappa shape index (κ3) is 8.75. The van der Waals surface area contributed by atoms with E-state index in [1.54, 1.807) is 13.0 Å². The van der Waals surface area contributed by atoms with Crippen LogP contribution in [0.4, 0.5) is 0 Å². The van der Waals surface area contributed by atoms with Crippen molar-refractivity contribution >= 4 is 11.8 Å². The standard InChI is InChI=1S/C39H66N4O8/c1-4-21(2)38(48)50-30-18-28-35(47)34-29(46)17-26(20-44)49-37(34)33(36(28)51-39(30,3)12-10-22-8-9-31(40)43-19-22)27(24-11-13-42-32(41)16-24)15-23-6-5-7-25(45)14-23/h4,22-28,30-37,42-45,47H,5-20,40-41H2,1-3H3. The van der Waals surface area contributed by atoms with E-state index in [4.69, 9.17) is 25.7 Å². The van der Waals surface area contributed by atoms with Crippen LogP contribution in [0.3, 0.4) is 0 Å². The molecule has 0 aromatic carbocycles. The van der Waals surface area contributed by atoms with Crippen LogP contribution >= 0.6 is 0 Å². The number of rotatable bonds is 10. The van der Waals surface area contributed by atoms with Crippen LogP contribution in [0, 0.1) is 41.4 Å². The summed E-state index contributed by atoms with van der Waals surface area (Å²) in [6, 6.07) is 0. The van der Waals surface area contributed by atoms with E-state index >= 15 is 0 Å². The maximum absolute atomic E-state index is 14.0. The zero-order valence-corrected chi connectivity index (χ0v) is 31.1. The van der Waals surface area contributed by atoms with Crippen LogP contribution in [0.25, 0.3) is 0 Å². The number of ether oxygens (including phenoxy) is 3. The fraction of sp³-hybridized carbons (Fsp3) is 0.897. The molecule has 9 N–H and O–H groups in total. The van der Waals surface area contributed by atoms with Crippen molar-refractivity contribution < 1.29 is 39.1 Å². The Morgan fingerprint density at radius 2 is 1.86 bits per heavy atom. The van der Waals surface area contributed by atoms with E-state index in [0.717, 1.165) is 77.3 Å². The summed E-state index contributed by atoms with van der Waals surface area (Å²) in [6.45, 7) is 6.94. The van der Waals surface area contributed by atoms with Crippen LogP contribution in [0.1, 0.15) is 104 Å². The number of Topliss-reactive ketones (excluding diaryl/α,β-unsaturated/α-hetero) is 1. The van der Waals surface area contributed by atoms with E-state index in [1.807, 2.05) is 6.92 Å². The van der Waals surface area contributed by atoms with E-state index < -0.39 is 53.9 Å². The highest BCUT2D eigenvalue weighted by Gasteiger charge is 2.63. The number of nitrogens with one attached hydrogen (secondary N) is 2. The lowest BCUT2D eigenvalue weighted by Gasteiger charge is -2.60. The Balaban J connectivity index is 1.39. The monoisotopic (exact) mass is 718 g/mol. The Bertz CT molecular complexity index is 1230. The van der Waals surface area contributed by atoms with E-state index in [9.17, 15) is 24.9 Å². The molecular weight excluding hydrogens is 652 g/mol. The predicted octanol–water partition coefficient (Wildman–Crippen LogP) is 2.26. The number of fused-ring (bicyclic) bond motifs is 2. The smallest absolute Gasteiger partial charge is 0.333 e. The molecule has 4 heterocycles. The summed E-state index contributed by atoms with van der Waals surface area (Å²) in [5, 5.41) is 40.0. The first-order valence-corrected chi connectivity index (χ1v) is 20.1. The number of esters is 1. The summed E-state index contributed by atoms with van der Waals surface area (Å²) >= 11 is 0. The minimum atomic E-state index is -1.05. The molecule has 2 saturated carbocycles. The molecule has 0 aromatic heterocycles. The molecule has 0 amide bonds. The average Bonchev–Trinajstić information content (AvgIpc) is 3.11. The van der Waals surface area contributed by atoms with Gasteiger partial charge in [0.05, 0.1) is 55.4 Å². The maximum Gasteiger partial charge on any atom is 0.333 e. The number of allylic oxidation sites excluding steroid dienone is 1. The molecule has 12 heteroatoms. The molecule has 16 atom stereocenters. The fourth-order valence-corrected chi connectivity index (χ4v) is 10.8. The highest BCUT2D eigenvalue weighted by Crippen LogP contribution is 2.55. The number of hydrogen-bond donors (Lipinski definition) is 7. The molecule has 16 unspecified atom stereocenters. The number of carbonyl (C=O) groups is 2. The summed E-state index contributed by atoms with van der Waals surface area (Å²) in [7, 11) is 0. The molecule has 6 fully saturated rings. The molecule has 2 aliphatic carbocycles. The highest BCUT2D eigenvalue weighted by molar-refractivity contribution is 5.87. The summed E-state index contributed by atoms with van der Waals surface area (Å²) in [5.41, 5.74) is 12.3. The third-order valence-corrected chi connectivity index (χ3v) is 13.8. The molecule has 51 heavy (non-hydrogen) atoms. The molecule has 290 valence electrons. The quantitative estimate of drug-likeness (QED) is 0.129. The van der Waals surface area contributed by atoms with Gasteiger partial charge < -0.3 is 51.6 Å². The fourth-order valence-electron chi connectivity index (χ4n) is 10.8. The van der Waals surface area contributed by atoms with E-state index in [1.165, 1.54) is 0 Å². The van der Waals surface area contributed by atoms with Crippen LogP contribution in [0.15, 0.2) is 11.6 Å². The topological polar surface area (TPSA) is 199 Å². The summed E-state index contributed by atoms with van der Waals surface area (Å²) in [4.78, 5) is 27.3. The van der Waals surface area contributed by atoms with Crippen LogP contribution in [-0.4, -0.2) is 101 Å². The first-order valence-electron chi connectivity index (χ1n) is 20.1. The molecule has 0 spiro atoms. The van der Waals surface area contributed by atoms with E-state index in [2.05, 4.69) is 17.6 Å². The second-order valence-electron chi connectivity index (χ2n) is 17.3. The van der Waals surface area contributed by atoms with E-state index in [-0.39, 0.29) is 55.0 Å². The van der Waals surface area contributed by atoms with Crippen molar-refractivity contribution in [2.45, 2.75) is 159 Å². The van der Waals surface area contributed by atoms with Crippen LogP contribution in [0.2, 0.25) is 0 Å². The van der Waals surface area contributed by atoms with Gasteiger partial charge in [-0.1, -0.05) is 18.9 Å². The van der Waals surface area contributed by atoms with Gasteiger partial charge in [-0.25, -0.2) is 4.79 Å². The highest BCUT2D eigenvalue weighted by atomic mass is 16.6. The van der Waals surface area contributed by atoms with Crippen molar-refractivity contribution in [3.8, 4) is 0 Å². The summed E-state index contributed by atoms with van der Waals surface area (Å²) < 4.78 is 20.4. The second kappa shape index (κ2) is 16.9. The zero-order valence-electron chi connectivity index (χ0n) is 31.1. The minimum Gasteiger partial charge on any atom is -0.456 e. The van der Waals surface area contributed by atoms with Gasteiger partial charge in [-0.2, -0.15) is 0 Å². The van der Waals surface area contributed by atoms with Gasteiger partial charge in [0.15, 0.2) is 0 Å². The van der Waals surface area contributed by atoms with Gasteiger partial charge in [0.2, 0.25) is 0 Å². The first kappa shape index (κ1) is 39.2. The number of nitrogens with two attached hydrogens (primary N) is 2. The Labute approximate surface area is 304 Å². The largest absolute Gasteiger partial charge is 0.456 e. The zero-order chi connectivity index (χ0) is 36.4. The van der Waals surface area contributed by atoms with Crippen molar-refractivity contribution in [1.82, 2.24) is 10.6 Å². The van der Waals surface area contributed by atoms with Crippen molar-refractivity contribution in [1.29, 1.82) is 0 Å². The molecule has 6 aliphatic rings. The lowest BCUT2D eigenvalue weighted by Crippen LogP contribution is -2.69. The molecule has 0 bridgehead atoms. The molecule has 4 aliphatic heterocycles. The lowest BCUT2D eigenvalue weighted by atomic mass is 9.56. The van der Waals surface area contributed by atoms with Gasteiger partial charge in [-0.05, 0) is 122 Å². The number of ketones is 1. The van der Waals surface area contributed by atoms with Crippen molar-refractivity contribution in [2.24, 2.45) is 52.9 Å². The van der Waals surface area contributed by atoms with Crippen molar-refractivity contribution in [3.05, 3.63) is 11.6 Å². The molecule has 0 aromatic rings. The minimum absolute atomic E-state index is 0.00438. The van der Waals surface area contributed by atoms with Gasteiger partial charge in [-0.3, -0.25) is 4.79 Å². The van der Waals surface area contributed by atoms with Crippen LogP contribution in [-0.2, 0) is 23.8 Å². The molecule has 4 saturated heterocycles. The Morgan fingerprint density at radius 1 is 1.06 bits per heavy atom. The Morgan fingerprint density at radius 3 is 2.55 bits per heavy atom. The molecule has 0 radical (unpaired) electrons. The van der Waals surface area contributed by atoms with Crippen LogP contribution in [0.5, 0.6) is 0 Å². The predicted molar refractivity (Wildman–Crippen MR) is 192 cm³/mol. The van der Waals surface area contributed by atoms with Gasteiger partial charge >= 0.3 is 5.97 Å². The number of aliphatic hydroxyl groups is 3. The molecule has 6 rings (SSSR count). The average molecular weight is 719 g/mol. The second-order valence-corrected chi connectivity index (χ2v) is 17.3. The number of carbonyl (C=O) groups excluding carboxylic acids is 2. The SMILES string of the molecule is CC=C(C)C(=O)OC1CC2C(O)C3C(=O)CC(CO)OC3C(C(CC3CCCC(O)C3)C3CCNC(N)C3)C2OC1(C)CCC1CCC(N)NC1. The van der Waals surface area contributed by atoms with Gasteiger partial charge in [0.1, 0.15) is 17.5 Å². The Hall–Kier alpha value is -1.48. The maximum atomic E-state index is 14.0.